The zero-order chi connectivity index (χ0) is 11.4. The van der Waals surface area contributed by atoms with Crippen LogP contribution in [0.2, 0.25) is 0 Å². The third-order valence-electron chi connectivity index (χ3n) is 2.45. The second-order valence-corrected chi connectivity index (χ2v) is 5.82. The van der Waals surface area contributed by atoms with Crippen LogP contribution in [-0.2, 0) is 11.3 Å². The molecule has 3 nitrogen and oxygen atoms in total. The van der Waals surface area contributed by atoms with Crippen molar-refractivity contribution in [1.82, 2.24) is 10.6 Å². The molecule has 1 amide bonds. The molecule has 0 unspecified atom stereocenters. The summed E-state index contributed by atoms with van der Waals surface area (Å²) in [6.07, 6.45) is 2.88. The molecule has 16 heavy (non-hydrogen) atoms. The van der Waals surface area contributed by atoms with Gasteiger partial charge in [0.15, 0.2) is 0 Å². The maximum absolute atomic E-state index is 11.4. The monoisotopic (exact) mass is 302 g/mol. The number of carbonyl (C=O) groups is 1. The summed E-state index contributed by atoms with van der Waals surface area (Å²) in [6.45, 7) is 1.57. The van der Waals surface area contributed by atoms with E-state index in [0.29, 0.717) is 12.5 Å². The van der Waals surface area contributed by atoms with E-state index in [0.717, 1.165) is 30.4 Å². The maximum atomic E-state index is 11.4. The van der Waals surface area contributed by atoms with E-state index in [1.165, 1.54) is 4.88 Å². The van der Waals surface area contributed by atoms with E-state index in [-0.39, 0.29) is 5.91 Å². The average Bonchev–Trinajstić information content (AvgIpc) is 2.96. The zero-order valence-corrected chi connectivity index (χ0v) is 11.4. The molecule has 1 fully saturated rings. The smallest absolute Gasteiger partial charge is 0.221 e. The number of thiophene rings is 1. The molecule has 0 spiro atoms. The number of hydrogen-bond donors (Lipinski definition) is 2. The van der Waals surface area contributed by atoms with Crippen LogP contribution in [0.25, 0.3) is 0 Å². The van der Waals surface area contributed by atoms with E-state index in [2.05, 4.69) is 31.9 Å². The molecule has 88 valence electrons. The SMILES string of the molecule is O=C(CCNCc1sccc1Br)NC1CC1. The van der Waals surface area contributed by atoms with Gasteiger partial charge in [-0.05, 0) is 40.2 Å². The van der Waals surface area contributed by atoms with Crippen molar-refractivity contribution in [3.63, 3.8) is 0 Å². The number of nitrogens with one attached hydrogen (secondary N) is 2. The number of carbonyl (C=O) groups excluding carboxylic acids is 1. The fourth-order valence-electron chi connectivity index (χ4n) is 1.38. The molecule has 1 aromatic heterocycles. The Morgan fingerprint density at radius 2 is 2.38 bits per heavy atom. The maximum Gasteiger partial charge on any atom is 0.221 e. The molecule has 0 radical (unpaired) electrons. The topological polar surface area (TPSA) is 41.1 Å². The molecule has 1 aliphatic carbocycles. The van der Waals surface area contributed by atoms with Gasteiger partial charge in [-0.1, -0.05) is 0 Å². The van der Waals surface area contributed by atoms with Crippen molar-refractivity contribution >= 4 is 33.2 Å². The highest BCUT2D eigenvalue weighted by atomic mass is 79.9. The van der Waals surface area contributed by atoms with Gasteiger partial charge in [-0.3, -0.25) is 4.79 Å². The quantitative estimate of drug-likeness (QED) is 0.792. The molecule has 5 heteroatoms. The molecule has 0 atom stereocenters. The molecule has 1 heterocycles. The summed E-state index contributed by atoms with van der Waals surface area (Å²) in [4.78, 5) is 12.6. The molecule has 0 saturated heterocycles. The fourth-order valence-corrected chi connectivity index (χ4v) is 2.84. The lowest BCUT2D eigenvalue weighted by Gasteiger charge is -2.04. The van der Waals surface area contributed by atoms with E-state index in [4.69, 9.17) is 0 Å². The van der Waals surface area contributed by atoms with Gasteiger partial charge < -0.3 is 10.6 Å². The first-order valence-electron chi connectivity index (χ1n) is 5.47. The minimum absolute atomic E-state index is 0.167. The van der Waals surface area contributed by atoms with Gasteiger partial charge in [-0.25, -0.2) is 0 Å². The molecular weight excluding hydrogens is 288 g/mol. The molecule has 1 aliphatic rings. The van der Waals surface area contributed by atoms with Gasteiger partial charge in [-0.15, -0.1) is 11.3 Å². The lowest BCUT2D eigenvalue weighted by Crippen LogP contribution is -2.28. The standard InChI is InChI=1S/C11H15BrN2OS/c12-9-4-6-16-10(9)7-13-5-3-11(15)14-8-1-2-8/h4,6,8,13H,1-3,5,7H2,(H,14,15). The van der Waals surface area contributed by atoms with Crippen molar-refractivity contribution in [3.05, 3.63) is 20.8 Å². The Bertz CT molecular complexity index is 363. The van der Waals surface area contributed by atoms with Gasteiger partial charge in [0.1, 0.15) is 0 Å². The largest absolute Gasteiger partial charge is 0.353 e. The molecule has 0 bridgehead atoms. The van der Waals surface area contributed by atoms with Crippen molar-refractivity contribution in [2.75, 3.05) is 6.54 Å². The Labute approximate surface area is 108 Å². The van der Waals surface area contributed by atoms with Gasteiger partial charge in [0.2, 0.25) is 5.91 Å². The fraction of sp³-hybridized carbons (Fsp3) is 0.545. The van der Waals surface area contributed by atoms with Crippen LogP contribution in [0.1, 0.15) is 24.1 Å². The van der Waals surface area contributed by atoms with Crippen LogP contribution < -0.4 is 10.6 Å². The molecule has 2 N–H and O–H groups in total. The van der Waals surface area contributed by atoms with Gasteiger partial charge in [0, 0.05) is 34.9 Å². The summed E-state index contributed by atoms with van der Waals surface area (Å²) in [5, 5.41) is 8.30. The molecule has 1 saturated carbocycles. The molecule has 0 aromatic carbocycles. The Morgan fingerprint density at radius 1 is 1.56 bits per heavy atom. The number of halogens is 1. The first-order chi connectivity index (χ1) is 7.75. The zero-order valence-electron chi connectivity index (χ0n) is 8.96. The third-order valence-corrected chi connectivity index (χ3v) is 4.37. The predicted octanol–water partition coefficient (Wildman–Crippen LogP) is 2.27. The van der Waals surface area contributed by atoms with Gasteiger partial charge in [0.05, 0.1) is 0 Å². The normalized spacial score (nSPS) is 15.1. The second kappa shape index (κ2) is 5.80. The Balaban J connectivity index is 1.57. The van der Waals surface area contributed by atoms with E-state index < -0.39 is 0 Å². The third kappa shape index (κ3) is 3.88. The van der Waals surface area contributed by atoms with Gasteiger partial charge >= 0.3 is 0 Å². The summed E-state index contributed by atoms with van der Waals surface area (Å²) in [5.41, 5.74) is 0. The molecule has 1 aromatic rings. The van der Waals surface area contributed by atoms with Crippen LogP contribution in [0.3, 0.4) is 0 Å². The van der Waals surface area contributed by atoms with E-state index in [1.807, 2.05) is 6.07 Å². The molecular formula is C11H15BrN2OS. The summed E-state index contributed by atoms with van der Waals surface area (Å²) in [6, 6.07) is 2.51. The molecule has 2 rings (SSSR count). The van der Waals surface area contributed by atoms with E-state index >= 15 is 0 Å². The summed E-state index contributed by atoms with van der Waals surface area (Å²) in [7, 11) is 0. The number of rotatable bonds is 6. The summed E-state index contributed by atoms with van der Waals surface area (Å²) >= 11 is 5.20. The van der Waals surface area contributed by atoms with Crippen molar-refractivity contribution in [3.8, 4) is 0 Å². The van der Waals surface area contributed by atoms with E-state index in [1.54, 1.807) is 11.3 Å². The van der Waals surface area contributed by atoms with Gasteiger partial charge in [0.25, 0.3) is 0 Å². The minimum atomic E-state index is 0.167. The van der Waals surface area contributed by atoms with Crippen molar-refractivity contribution in [1.29, 1.82) is 0 Å². The lowest BCUT2D eigenvalue weighted by atomic mass is 10.3. The molecule has 0 aliphatic heterocycles. The first-order valence-corrected chi connectivity index (χ1v) is 7.15. The van der Waals surface area contributed by atoms with Crippen LogP contribution in [0.5, 0.6) is 0 Å². The number of amides is 1. The lowest BCUT2D eigenvalue weighted by molar-refractivity contribution is -0.121. The van der Waals surface area contributed by atoms with Crippen LogP contribution in [-0.4, -0.2) is 18.5 Å². The van der Waals surface area contributed by atoms with E-state index in [9.17, 15) is 4.79 Å². The van der Waals surface area contributed by atoms with Crippen LogP contribution >= 0.6 is 27.3 Å². The minimum Gasteiger partial charge on any atom is -0.353 e. The second-order valence-electron chi connectivity index (χ2n) is 3.96. The Hall–Kier alpha value is -0.390. The highest BCUT2D eigenvalue weighted by Gasteiger charge is 2.22. The van der Waals surface area contributed by atoms with Crippen molar-refractivity contribution in [2.45, 2.75) is 31.8 Å². The summed E-state index contributed by atoms with van der Waals surface area (Å²) < 4.78 is 1.15. The average molecular weight is 303 g/mol. The van der Waals surface area contributed by atoms with Crippen molar-refractivity contribution in [2.24, 2.45) is 0 Å². The Kier molecular flexibility index (Phi) is 4.37. The van der Waals surface area contributed by atoms with Crippen LogP contribution in [0.4, 0.5) is 0 Å². The first kappa shape index (κ1) is 12.1. The number of hydrogen-bond acceptors (Lipinski definition) is 3. The van der Waals surface area contributed by atoms with Gasteiger partial charge in [-0.2, -0.15) is 0 Å². The Morgan fingerprint density at radius 3 is 3.00 bits per heavy atom. The highest BCUT2D eigenvalue weighted by molar-refractivity contribution is 9.10. The van der Waals surface area contributed by atoms with Crippen LogP contribution in [0, 0.1) is 0 Å². The van der Waals surface area contributed by atoms with Crippen molar-refractivity contribution < 1.29 is 4.79 Å². The highest BCUT2D eigenvalue weighted by Crippen LogP contribution is 2.22. The predicted molar refractivity (Wildman–Crippen MR) is 69.5 cm³/mol. The summed E-state index contributed by atoms with van der Waals surface area (Å²) in [5.74, 6) is 0.167. The van der Waals surface area contributed by atoms with Crippen LogP contribution in [0.15, 0.2) is 15.9 Å².